The van der Waals surface area contributed by atoms with E-state index in [1.807, 2.05) is 55.6 Å². The zero-order chi connectivity index (χ0) is 22.1. The molecule has 31 heavy (non-hydrogen) atoms. The molecule has 0 spiro atoms. The Labute approximate surface area is 183 Å². The molecule has 2 unspecified atom stereocenters. The third kappa shape index (κ3) is 4.23. The molecule has 164 valence electrons. The SMILES string of the molecule is CC(=O)Oc1cccc(C23CCN(C)CC2(O)CC[C@H](NC(=O)c2ccccc2)C3)c1. The molecule has 1 saturated carbocycles. The van der Waals surface area contributed by atoms with Crippen molar-refractivity contribution < 1.29 is 19.4 Å². The summed E-state index contributed by atoms with van der Waals surface area (Å²) in [6.45, 7) is 2.80. The van der Waals surface area contributed by atoms with Crippen molar-refractivity contribution in [1.29, 1.82) is 0 Å². The zero-order valence-corrected chi connectivity index (χ0v) is 18.1. The molecule has 2 fully saturated rings. The van der Waals surface area contributed by atoms with E-state index >= 15 is 0 Å². The maximum absolute atomic E-state index is 12.8. The van der Waals surface area contributed by atoms with Crippen LogP contribution in [-0.2, 0) is 10.2 Å². The van der Waals surface area contributed by atoms with Crippen LogP contribution in [0.25, 0.3) is 0 Å². The first-order valence-electron chi connectivity index (χ1n) is 10.9. The van der Waals surface area contributed by atoms with Crippen LogP contribution in [0.3, 0.4) is 0 Å². The third-order valence-corrected chi connectivity index (χ3v) is 6.86. The largest absolute Gasteiger partial charge is 0.427 e. The Hall–Kier alpha value is -2.70. The zero-order valence-electron chi connectivity index (χ0n) is 18.1. The van der Waals surface area contributed by atoms with Crippen molar-refractivity contribution in [2.24, 2.45) is 0 Å². The molecule has 4 rings (SSSR count). The summed E-state index contributed by atoms with van der Waals surface area (Å²) in [5.41, 5.74) is 0.156. The molecule has 0 radical (unpaired) electrons. The molecule has 1 saturated heterocycles. The first kappa shape index (κ1) is 21.5. The van der Waals surface area contributed by atoms with E-state index in [2.05, 4.69) is 10.2 Å². The van der Waals surface area contributed by atoms with Crippen LogP contribution in [0.1, 0.15) is 48.5 Å². The Bertz CT molecular complexity index is 963. The number of amides is 1. The molecule has 6 nitrogen and oxygen atoms in total. The van der Waals surface area contributed by atoms with Crippen LogP contribution in [0.15, 0.2) is 54.6 Å². The second-order valence-corrected chi connectivity index (χ2v) is 9.00. The number of hydrogen-bond acceptors (Lipinski definition) is 5. The van der Waals surface area contributed by atoms with Gasteiger partial charge in [-0.1, -0.05) is 30.3 Å². The van der Waals surface area contributed by atoms with Crippen LogP contribution < -0.4 is 10.1 Å². The number of nitrogens with one attached hydrogen (secondary N) is 1. The Balaban J connectivity index is 1.65. The summed E-state index contributed by atoms with van der Waals surface area (Å²) in [7, 11) is 2.03. The van der Waals surface area contributed by atoms with Gasteiger partial charge in [-0.15, -0.1) is 0 Å². The smallest absolute Gasteiger partial charge is 0.308 e. The maximum atomic E-state index is 12.8. The number of hydrogen-bond donors (Lipinski definition) is 2. The molecular formula is C25H30N2O4. The lowest BCUT2D eigenvalue weighted by molar-refractivity contribution is -0.131. The summed E-state index contributed by atoms with van der Waals surface area (Å²) >= 11 is 0. The van der Waals surface area contributed by atoms with Crippen molar-refractivity contribution in [3.8, 4) is 5.75 Å². The van der Waals surface area contributed by atoms with E-state index in [9.17, 15) is 14.7 Å². The lowest BCUT2D eigenvalue weighted by Crippen LogP contribution is -2.66. The lowest BCUT2D eigenvalue weighted by Gasteiger charge is -2.57. The van der Waals surface area contributed by atoms with Crippen molar-refractivity contribution in [2.75, 3.05) is 20.1 Å². The second-order valence-electron chi connectivity index (χ2n) is 9.00. The number of esters is 1. The molecule has 3 atom stereocenters. The topological polar surface area (TPSA) is 78.9 Å². The highest BCUT2D eigenvalue weighted by atomic mass is 16.5. The number of carbonyl (C=O) groups excluding carboxylic acids is 2. The van der Waals surface area contributed by atoms with Gasteiger partial charge < -0.3 is 20.1 Å². The number of likely N-dealkylation sites (tertiary alicyclic amines) is 1. The van der Waals surface area contributed by atoms with Gasteiger partial charge in [0.25, 0.3) is 5.91 Å². The van der Waals surface area contributed by atoms with Gasteiger partial charge in [-0.25, -0.2) is 0 Å². The first-order chi connectivity index (χ1) is 14.8. The molecular weight excluding hydrogens is 392 g/mol. The van der Waals surface area contributed by atoms with E-state index in [-0.39, 0.29) is 17.9 Å². The first-order valence-corrected chi connectivity index (χ1v) is 10.9. The normalized spacial score (nSPS) is 28.4. The monoisotopic (exact) mass is 422 g/mol. The van der Waals surface area contributed by atoms with Gasteiger partial charge in [0.2, 0.25) is 0 Å². The number of nitrogens with zero attached hydrogens (tertiary/aromatic N) is 1. The Morgan fingerprint density at radius 3 is 2.65 bits per heavy atom. The van der Waals surface area contributed by atoms with E-state index in [0.29, 0.717) is 37.1 Å². The Morgan fingerprint density at radius 2 is 1.90 bits per heavy atom. The second kappa shape index (κ2) is 8.44. The van der Waals surface area contributed by atoms with E-state index in [1.165, 1.54) is 6.92 Å². The van der Waals surface area contributed by atoms with Crippen LogP contribution in [0, 0.1) is 0 Å². The highest BCUT2D eigenvalue weighted by Crippen LogP contribution is 2.52. The molecule has 2 aromatic rings. The predicted octanol–water partition coefficient (Wildman–Crippen LogP) is 2.90. The Kier molecular flexibility index (Phi) is 5.86. The number of β-amino-alcohol motifs (C(OH)–C–C–N with tert-alkyl or cyclic N) is 1. The average Bonchev–Trinajstić information content (AvgIpc) is 2.74. The van der Waals surface area contributed by atoms with Gasteiger partial charge in [-0.2, -0.15) is 0 Å². The molecule has 2 N–H and O–H groups in total. The van der Waals surface area contributed by atoms with Gasteiger partial charge in [0.1, 0.15) is 5.75 Å². The molecule has 0 aromatic heterocycles. The van der Waals surface area contributed by atoms with Gasteiger partial charge in [-0.3, -0.25) is 9.59 Å². The van der Waals surface area contributed by atoms with Crippen molar-refractivity contribution in [3.63, 3.8) is 0 Å². The number of aliphatic hydroxyl groups is 1. The number of rotatable bonds is 4. The third-order valence-electron chi connectivity index (χ3n) is 6.86. The molecule has 1 aliphatic heterocycles. The fourth-order valence-corrected chi connectivity index (χ4v) is 5.37. The summed E-state index contributed by atoms with van der Waals surface area (Å²) in [6.07, 6.45) is 2.71. The number of ether oxygens (including phenoxy) is 1. The summed E-state index contributed by atoms with van der Waals surface area (Å²) in [5, 5.41) is 15.0. The highest BCUT2D eigenvalue weighted by Gasteiger charge is 2.57. The molecule has 1 amide bonds. The molecule has 1 heterocycles. The van der Waals surface area contributed by atoms with Gasteiger partial charge in [0.15, 0.2) is 0 Å². The van der Waals surface area contributed by atoms with Crippen LogP contribution in [-0.4, -0.2) is 53.7 Å². The standard InChI is InChI=1S/C25H30N2O4/c1-18(28)31-22-10-6-9-20(15-22)24-13-14-27(2)17-25(24,30)12-11-21(16-24)26-23(29)19-7-4-3-5-8-19/h3-10,15,21,30H,11-14,16-17H2,1-2H3,(H,26,29)/t21-,24?,25?/m0/s1. The van der Waals surface area contributed by atoms with Crippen molar-refractivity contribution in [2.45, 2.75) is 49.7 Å². The van der Waals surface area contributed by atoms with Gasteiger partial charge in [0, 0.05) is 30.5 Å². The van der Waals surface area contributed by atoms with E-state index in [1.54, 1.807) is 6.07 Å². The summed E-state index contributed by atoms with van der Waals surface area (Å²) in [6, 6.07) is 16.7. The molecule has 2 aromatic carbocycles. The van der Waals surface area contributed by atoms with Crippen molar-refractivity contribution in [1.82, 2.24) is 10.2 Å². The van der Waals surface area contributed by atoms with Gasteiger partial charge in [0.05, 0.1) is 5.60 Å². The highest BCUT2D eigenvalue weighted by molar-refractivity contribution is 5.94. The molecule has 1 aliphatic carbocycles. The number of benzene rings is 2. The van der Waals surface area contributed by atoms with Crippen LogP contribution >= 0.6 is 0 Å². The minimum Gasteiger partial charge on any atom is -0.427 e. The summed E-state index contributed by atoms with van der Waals surface area (Å²) in [4.78, 5) is 26.4. The number of piperidine rings is 1. The maximum Gasteiger partial charge on any atom is 0.308 e. The average molecular weight is 423 g/mol. The van der Waals surface area contributed by atoms with E-state index in [0.717, 1.165) is 18.5 Å². The number of fused-ring (bicyclic) bond motifs is 1. The van der Waals surface area contributed by atoms with Gasteiger partial charge in [-0.05, 0) is 69.1 Å². The van der Waals surface area contributed by atoms with Crippen molar-refractivity contribution in [3.05, 3.63) is 65.7 Å². The van der Waals surface area contributed by atoms with Crippen LogP contribution in [0.5, 0.6) is 5.75 Å². The summed E-state index contributed by atoms with van der Waals surface area (Å²) < 4.78 is 5.32. The summed E-state index contributed by atoms with van der Waals surface area (Å²) in [5.74, 6) is 0.0220. The molecule has 6 heteroatoms. The lowest BCUT2D eigenvalue weighted by atomic mass is 9.55. The van der Waals surface area contributed by atoms with Crippen molar-refractivity contribution >= 4 is 11.9 Å². The van der Waals surface area contributed by atoms with Crippen LogP contribution in [0.2, 0.25) is 0 Å². The number of likely N-dealkylation sites (N-methyl/N-ethyl adjacent to an activating group) is 1. The quantitative estimate of drug-likeness (QED) is 0.585. The molecule has 2 aliphatic rings. The Morgan fingerprint density at radius 1 is 1.13 bits per heavy atom. The fraction of sp³-hybridized carbons (Fsp3) is 0.440. The predicted molar refractivity (Wildman–Crippen MR) is 118 cm³/mol. The van der Waals surface area contributed by atoms with E-state index < -0.39 is 11.0 Å². The molecule has 0 bridgehead atoms. The fourth-order valence-electron chi connectivity index (χ4n) is 5.37. The minimum absolute atomic E-state index is 0.0474. The van der Waals surface area contributed by atoms with Crippen LogP contribution in [0.4, 0.5) is 0 Å². The number of carbonyl (C=O) groups is 2. The minimum atomic E-state index is -0.914. The van der Waals surface area contributed by atoms with Gasteiger partial charge >= 0.3 is 5.97 Å². The van der Waals surface area contributed by atoms with E-state index in [4.69, 9.17) is 4.74 Å².